The lowest BCUT2D eigenvalue weighted by Crippen LogP contribution is -2.14. The van der Waals surface area contributed by atoms with Gasteiger partial charge in [0.05, 0.1) is 0 Å². The number of allylic oxidation sites excluding steroid dienone is 1. The molecule has 0 aliphatic heterocycles. The Morgan fingerprint density at radius 2 is 2.27 bits per heavy atom. The summed E-state index contributed by atoms with van der Waals surface area (Å²) in [6, 6.07) is 0. The van der Waals surface area contributed by atoms with E-state index in [9.17, 15) is 0 Å². The minimum absolute atomic E-state index is 0.612. The Morgan fingerprint density at radius 3 is 2.73 bits per heavy atom. The molecule has 0 bridgehead atoms. The second-order valence-electron chi connectivity index (χ2n) is 2.96. The van der Waals surface area contributed by atoms with Gasteiger partial charge in [0.15, 0.2) is 0 Å². The highest BCUT2D eigenvalue weighted by Crippen LogP contribution is 2.13. The molecule has 0 saturated carbocycles. The molecule has 0 aliphatic rings. The van der Waals surface area contributed by atoms with E-state index in [-0.39, 0.29) is 0 Å². The van der Waals surface area contributed by atoms with E-state index in [1.807, 2.05) is 13.1 Å². The molecule has 0 saturated heterocycles. The minimum Gasteiger partial charge on any atom is -0.316 e. The van der Waals surface area contributed by atoms with Crippen molar-refractivity contribution in [3.8, 4) is 0 Å². The van der Waals surface area contributed by atoms with Crippen LogP contribution in [0.5, 0.6) is 0 Å². The third-order valence-corrected chi connectivity index (χ3v) is 1.90. The van der Waals surface area contributed by atoms with E-state index in [4.69, 9.17) is 0 Å². The Morgan fingerprint density at radius 1 is 1.64 bits per heavy atom. The smallest absolute Gasteiger partial charge is 0.0161 e. The van der Waals surface area contributed by atoms with Gasteiger partial charge >= 0.3 is 0 Å². The lowest BCUT2D eigenvalue weighted by molar-refractivity contribution is 0.599. The Bertz CT molecular complexity index is 127. The molecule has 0 amide bonds. The molecule has 0 aromatic rings. The summed E-state index contributed by atoms with van der Waals surface area (Å²) in [5.74, 6) is 0.612. The maximum atomic E-state index is 4.00. The molecule has 0 radical (unpaired) electrons. The summed E-state index contributed by atoms with van der Waals surface area (Å²) in [5, 5.41) is 3.10. The SMILES string of the molecule is C=CCCC(C)C(=C)CNC. The molecule has 1 atom stereocenters. The highest BCUT2D eigenvalue weighted by atomic mass is 14.8. The summed E-state index contributed by atoms with van der Waals surface area (Å²) in [6.07, 6.45) is 4.22. The Balaban J connectivity index is 3.54. The fourth-order valence-electron chi connectivity index (χ4n) is 0.973. The highest BCUT2D eigenvalue weighted by molar-refractivity contribution is 5.01. The van der Waals surface area contributed by atoms with Crippen molar-refractivity contribution in [1.29, 1.82) is 0 Å². The molecule has 0 aliphatic carbocycles. The van der Waals surface area contributed by atoms with Crippen LogP contribution >= 0.6 is 0 Å². The molecular weight excluding hydrogens is 134 g/mol. The third-order valence-electron chi connectivity index (χ3n) is 1.90. The predicted octanol–water partition coefficient (Wildman–Crippen LogP) is 2.36. The summed E-state index contributed by atoms with van der Waals surface area (Å²) in [6.45, 7) is 10.8. The van der Waals surface area contributed by atoms with E-state index < -0.39 is 0 Å². The fourth-order valence-corrected chi connectivity index (χ4v) is 0.973. The second-order valence-corrected chi connectivity index (χ2v) is 2.96. The standard InChI is InChI=1S/C10H19N/c1-5-6-7-9(2)10(3)8-11-4/h5,9,11H,1,3,6-8H2,2,4H3. The van der Waals surface area contributed by atoms with Crippen molar-refractivity contribution < 1.29 is 0 Å². The van der Waals surface area contributed by atoms with Crippen molar-refractivity contribution in [1.82, 2.24) is 5.32 Å². The van der Waals surface area contributed by atoms with Crippen molar-refractivity contribution >= 4 is 0 Å². The molecule has 11 heavy (non-hydrogen) atoms. The summed E-state index contributed by atoms with van der Waals surface area (Å²) < 4.78 is 0. The van der Waals surface area contributed by atoms with Crippen molar-refractivity contribution in [2.24, 2.45) is 5.92 Å². The van der Waals surface area contributed by atoms with Crippen LogP contribution in [-0.4, -0.2) is 13.6 Å². The third kappa shape index (κ3) is 4.79. The first-order chi connectivity index (χ1) is 5.22. The zero-order valence-corrected chi connectivity index (χ0v) is 7.69. The molecule has 1 heteroatoms. The van der Waals surface area contributed by atoms with Gasteiger partial charge in [0, 0.05) is 6.54 Å². The van der Waals surface area contributed by atoms with Crippen LogP contribution in [0.2, 0.25) is 0 Å². The molecule has 0 aromatic carbocycles. The van der Waals surface area contributed by atoms with Gasteiger partial charge in [0.25, 0.3) is 0 Å². The number of likely N-dealkylation sites (N-methyl/N-ethyl adjacent to an activating group) is 1. The summed E-state index contributed by atoms with van der Waals surface area (Å²) >= 11 is 0. The second kappa shape index (κ2) is 6.17. The molecule has 64 valence electrons. The van der Waals surface area contributed by atoms with Gasteiger partial charge in [-0.25, -0.2) is 0 Å². The molecule has 0 aromatic heterocycles. The molecule has 0 rings (SSSR count). The first-order valence-electron chi connectivity index (χ1n) is 4.15. The van der Waals surface area contributed by atoms with E-state index in [1.54, 1.807) is 0 Å². The van der Waals surface area contributed by atoms with Crippen LogP contribution in [0.25, 0.3) is 0 Å². The maximum absolute atomic E-state index is 4.00. The van der Waals surface area contributed by atoms with Crippen LogP contribution in [0.15, 0.2) is 24.8 Å². The van der Waals surface area contributed by atoms with Crippen LogP contribution in [0.1, 0.15) is 19.8 Å². The van der Waals surface area contributed by atoms with Gasteiger partial charge in [0.1, 0.15) is 0 Å². The van der Waals surface area contributed by atoms with Crippen molar-refractivity contribution in [3.05, 3.63) is 24.8 Å². The first kappa shape index (κ1) is 10.4. The van der Waals surface area contributed by atoms with Crippen molar-refractivity contribution in [2.45, 2.75) is 19.8 Å². The zero-order chi connectivity index (χ0) is 8.69. The van der Waals surface area contributed by atoms with Crippen LogP contribution < -0.4 is 5.32 Å². The number of hydrogen-bond acceptors (Lipinski definition) is 1. The molecule has 1 N–H and O–H groups in total. The number of hydrogen-bond donors (Lipinski definition) is 1. The normalized spacial score (nSPS) is 12.5. The zero-order valence-electron chi connectivity index (χ0n) is 7.69. The minimum atomic E-state index is 0.612. The van der Waals surface area contributed by atoms with E-state index in [2.05, 4.69) is 25.4 Å². The lowest BCUT2D eigenvalue weighted by atomic mass is 9.97. The van der Waals surface area contributed by atoms with Gasteiger partial charge < -0.3 is 5.32 Å². The van der Waals surface area contributed by atoms with E-state index in [1.165, 1.54) is 12.0 Å². The summed E-state index contributed by atoms with van der Waals surface area (Å²) in [7, 11) is 1.95. The van der Waals surface area contributed by atoms with Gasteiger partial charge in [-0.15, -0.1) is 6.58 Å². The average molecular weight is 153 g/mol. The molecule has 1 unspecified atom stereocenters. The predicted molar refractivity (Wildman–Crippen MR) is 51.7 cm³/mol. The first-order valence-corrected chi connectivity index (χ1v) is 4.15. The lowest BCUT2D eigenvalue weighted by Gasteiger charge is -2.12. The van der Waals surface area contributed by atoms with Gasteiger partial charge in [0.2, 0.25) is 0 Å². The van der Waals surface area contributed by atoms with Gasteiger partial charge in [-0.3, -0.25) is 0 Å². The summed E-state index contributed by atoms with van der Waals surface area (Å²) in [4.78, 5) is 0. The van der Waals surface area contributed by atoms with Gasteiger partial charge in [-0.05, 0) is 25.8 Å². The average Bonchev–Trinajstić information content (AvgIpc) is 2.00. The highest BCUT2D eigenvalue weighted by Gasteiger charge is 2.03. The number of nitrogens with one attached hydrogen (secondary N) is 1. The Kier molecular flexibility index (Phi) is 5.86. The monoisotopic (exact) mass is 153 g/mol. The van der Waals surface area contributed by atoms with E-state index in [0.29, 0.717) is 5.92 Å². The largest absolute Gasteiger partial charge is 0.316 e. The van der Waals surface area contributed by atoms with Gasteiger partial charge in [-0.1, -0.05) is 25.2 Å². The van der Waals surface area contributed by atoms with E-state index >= 15 is 0 Å². The number of rotatable bonds is 6. The molecule has 0 heterocycles. The molecule has 0 spiro atoms. The fraction of sp³-hybridized carbons (Fsp3) is 0.600. The van der Waals surface area contributed by atoms with E-state index in [0.717, 1.165) is 13.0 Å². The summed E-state index contributed by atoms with van der Waals surface area (Å²) in [5.41, 5.74) is 1.29. The molecule has 1 nitrogen and oxygen atoms in total. The maximum Gasteiger partial charge on any atom is 0.0161 e. The topological polar surface area (TPSA) is 12.0 Å². The van der Waals surface area contributed by atoms with Crippen molar-refractivity contribution in [3.63, 3.8) is 0 Å². The van der Waals surface area contributed by atoms with Crippen molar-refractivity contribution in [2.75, 3.05) is 13.6 Å². The molecular formula is C10H19N. The van der Waals surface area contributed by atoms with Crippen LogP contribution in [0.3, 0.4) is 0 Å². The molecule has 0 fully saturated rings. The Labute approximate surface area is 70.2 Å². The van der Waals surface area contributed by atoms with Crippen LogP contribution in [0.4, 0.5) is 0 Å². The van der Waals surface area contributed by atoms with Gasteiger partial charge in [-0.2, -0.15) is 0 Å². The van der Waals surface area contributed by atoms with Crippen LogP contribution in [-0.2, 0) is 0 Å². The Hall–Kier alpha value is -0.560. The van der Waals surface area contributed by atoms with Crippen LogP contribution in [0, 0.1) is 5.92 Å². The quantitative estimate of drug-likeness (QED) is 0.578.